The first-order valence-corrected chi connectivity index (χ1v) is 8.83. The molecule has 0 aliphatic heterocycles. The Morgan fingerprint density at radius 1 is 1.39 bits per heavy atom. The summed E-state index contributed by atoms with van der Waals surface area (Å²) in [4.78, 5) is 1.56. The molecule has 3 heteroatoms. The predicted molar refractivity (Wildman–Crippen MR) is 84.5 cm³/mol. The highest BCUT2D eigenvalue weighted by Crippen LogP contribution is 2.59. The van der Waals surface area contributed by atoms with Crippen LogP contribution in [0.25, 0.3) is 0 Å². The highest BCUT2D eigenvalue weighted by Gasteiger charge is 2.53. The molecule has 18 heavy (non-hydrogen) atoms. The number of halogens is 1. The van der Waals surface area contributed by atoms with Crippen molar-refractivity contribution in [3.05, 3.63) is 20.8 Å². The Morgan fingerprint density at radius 3 is 2.61 bits per heavy atom. The zero-order valence-corrected chi connectivity index (χ0v) is 14.0. The zero-order valence-electron chi connectivity index (χ0n) is 11.6. The highest BCUT2D eigenvalue weighted by molar-refractivity contribution is 9.10. The largest absolute Gasteiger partial charge is 0.313 e. The van der Waals surface area contributed by atoms with Crippen molar-refractivity contribution in [1.82, 2.24) is 5.32 Å². The zero-order chi connectivity index (χ0) is 13.2. The molecule has 2 atom stereocenters. The van der Waals surface area contributed by atoms with Gasteiger partial charge in [-0.1, -0.05) is 20.8 Å². The van der Waals surface area contributed by atoms with Gasteiger partial charge in [-0.15, -0.1) is 11.3 Å². The van der Waals surface area contributed by atoms with Crippen molar-refractivity contribution < 1.29 is 0 Å². The summed E-state index contributed by atoms with van der Waals surface area (Å²) in [5.41, 5.74) is 0.475. The molecule has 2 unspecified atom stereocenters. The van der Waals surface area contributed by atoms with E-state index in [0.717, 1.165) is 12.5 Å². The van der Waals surface area contributed by atoms with Gasteiger partial charge in [0.05, 0.1) is 0 Å². The molecule has 0 bridgehead atoms. The van der Waals surface area contributed by atoms with E-state index in [4.69, 9.17) is 0 Å². The van der Waals surface area contributed by atoms with E-state index in [2.05, 4.69) is 53.5 Å². The predicted octanol–water partition coefficient (Wildman–Crippen LogP) is 5.17. The van der Waals surface area contributed by atoms with Gasteiger partial charge in [-0.2, -0.15) is 0 Å². The van der Waals surface area contributed by atoms with Crippen molar-refractivity contribution in [2.24, 2.45) is 5.41 Å². The molecule has 1 nitrogen and oxygen atoms in total. The van der Waals surface area contributed by atoms with Gasteiger partial charge in [0.2, 0.25) is 0 Å². The Kier molecular flexibility index (Phi) is 4.90. The van der Waals surface area contributed by atoms with Gasteiger partial charge >= 0.3 is 0 Å². The monoisotopic (exact) mass is 329 g/mol. The van der Waals surface area contributed by atoms with Crippen molar-refractivity contribution in [3.63, 3.8) is 0 Å². The van der Waals surface area contributed by atoms with Crippen LogP contribution in [0.5, 0.6) is 0 Å². The van der Waals surface area contributed by atoms with Gasteiger partial charge in [0, 0.05) is 21.3 Å². The van der Waals surface area contributed by atoms with E-state index in [1.54, 1.807) is 4.88 Å². The summed E-state index contributed by atoms with van der Waals surface area (Å²) in [6, 6.07) is 2.91. The van der Waals surface area contributed by atoms with Crippen LogP contribution in [0.1, 0.15) is 57.2 Å². The minimum atomic E-state index is 0.475. The third kappa shape index (κ3) is 2.30. The molecule has 1 saturated carbocycles. The van der Waals surface area contributed by atoms with Gasteiger partial charge in [0.1, 0.15) is 0 Å². The van der Waals surface area contributed by atoms with Crippen LogP contribution in [0.2, 0.25) is 0 Å². The maximum Gasteiger partial charge on any atom is 0.0317 e. The van der Waals surface area contributed by atoms with Crippen molar-refractivity contribution in [2.45, 2.75) is 58.4 Å². The van der Waals surface area contributed by atoms with Crippen LogP contribution in [0.4, 0.5) is 0 Å². The number of rotatable bonds is 6. The van der Waals surface area contributed by atoms with E-state index in [1.165, 1.54) is 30.2 Å². The smallest absolute Gasteiger partial charge is 0.0317 e. The van der Waals surface area contributed by atoms with Crippen molar-refractivity contribution in [2.75, 3.05) is 6.54 Å². The number of hydrogen-bond acceptors (Lipinski definition) is 2. The van der Waals surface area contributed by atoms with E-state index in [9.17, 15) is 0 Å². The second-order valence-electron chi connectivity index (χ2n) is 5.37. The molecule has 102 valence electrons. The molecule has 2 rings (SSSR count). The van der Waals surface area contributed by atoms with E-state index >= 15 is 0 Å². The quantitative estimate of drug-likeness (QED) is 0.758. The first-order valence-electron chi connectivity index (χ1n) is 7.15. The highest BCUT2D eigenvalue weighted by atomic mass is 79.9. The molecule has 0 aromatic carbocycles. The molecule has 1 heterocycles. The fourth-order valence-corrected chi connectivity index (χ4v) is 5.44. The average molecular weight is 330 g/mol. The minimum Gasteiger partial charge on any atom is -0.313 e. The topological polar surface area (TPSA) is 12.0 Å². The Bertz CT molecular complexity index is 384. The molecule has 1 aromatic rings. The molecule has 1 aliphatic rings. The maximum atomic E-state index is 3.76. The average Bonchev–Trinajstić information content (AvgIpc) is 2.76. The lowest BCUT2D eigenvalue weighted by atomic mass is 9.53. The standard InChI is InChI=1S/C15H24BrNS/c1-4-8-17-13-10-11(15(13,5-2)6-3)14-12(16)7-9-18-14/h7,9,11,13,17H,4-6,8,10H2,1-3H3. The first-order chi connectivity index (χ1) is 8.69. The number of thiophene rings is 1. The van der Waals surface area contributed by atoms with Gasteiger partial charge in [-0.3, -0.25) is 0 Å². The van der Waals surface area contributed by atoms with Crippen LogP contribution in [0, 0.1) is 5.41 Å². The summed E-state index contributed by atoms with van der Waals surface area (Å²) in [6.07, 6.45) is 5.09. The lowest BCUT2D eigenvalue weighted by Gasteiger charge is -2.56. The van der Waals surface area contributed by atoms with Gasteiger partial charge in [0.25, 0.3) is 0 Å². The Morgan fingerprint density at radius 2 is 2.11 bits per heavy atom. The van der Waals surface area contributed by atoms with E-state index in [1.807, 2.05) is 11.3 Å². The molecular weight excluding hydrogens is 306 g/mol. The fourth-order valence-electron chi connectivity index (χ4n) is 3.55. The summed E-state index contributed by atoms with van der Waals surface area (Å²) in [5.74, 6) is 0.747. The number of hydrogen-bond donors (Lipinski definition) is 1. The van der Waals surface area contributed by atoms with Crippen LogP contribution in [-0.2, 0) is 0 Å². The molecule has 1 aliphatic carbocycles. The van der Waals surface area contributed by atoms with E-state index < -0.39 is 0 Å². The van der Waals surface area contributed by atoms with Crippen LogP contribution >= 0.6 is 27.3 Å². The van der Waals surface area contributed by atoms with Crippen LogP contribution in [-0.4, -0.2) is 12.6 Å². The second-order valence-corrected chi connectivity index (χ2v) is 7.17. The first kappa shape index (κ1) is 14.5. The molecule has 1 aromatic heterocycles. The molecule has 1 fully saturated rings. The van der Waals surface area contributed by atoms with Gasteiger partial charge in [-0.05, 0) is 65.0 Å². The molecule has 0 saturated heterocycles. The summed E-state index contributed by atoms with van der Waals surface area (Å²) in [5, 5.41) is 5.97. The SMILES string of the molecule is CCCNC1CC(c2sccc2Br)C1(CC)CC. The minimum absolute atomic E-state index is 0.475. The van der Waals surface area contributed by atoms with Crippen LogP contribution < -0.4 is 5.32 Å². The van der Waals surface area contributed by atoms with E-state index in [0.29, 0.717) is 11.5 Å². The molecular formula is C15H24BrNS. The maximum absolute atomic E-state index is 3.76. The number of nitrogens with one attached hydrogen (secondary N) is 1. The summed E-state index contributed by atoms with van der Waals surface area (Å²) in [7, 11) is 0. The lowest BCUT2D eigenvalue weighted by molar-refractivity contribution is 0.0217. The fraction of sp³-hybridized carbons (Fsp3) is 0.733. The van der Waals surface area contributed by atoms with Crippen molar-refractivity contribution in [3.8, 4) is 0 Å². The van der Waals surface area contributed by atoms with E-state index in [-0.39, 0.29) is 0 Å². The molecule has 0 radical (unpaired) electrons. The van der Waals surface area contributed by atoms with Gasteiger partial charge in [-0.25, -0.2) is 0 Å². The Labute approximate surface area is 123 Å². The van der Waals surface area contributed by atoms with Crippen LogP contribution in [0.15, 0.2) is 15.9 Å². The van der Waals surface area contributed by atoms with Crippen molar-refractivity contribution in [1.29, 1.82) is 0 Å². The lowest BCUT2D eigenvalue weighted by Crippen LogP contribution is -2.58. The molecule has 0 spiro atoms. The molecule has 1 N–H and O–H groups in total. The normalized spacial score (nSPS) is 26.0. The van der Waals surface area contributed by atoms with Crippen molar-refractivity contribution >= 4 is 27.3 Å². The summed E-state index contributed by atoms with van der Waals surface area (Å²) < 4.78 is 1.32. The second kappa shape index (κ2) is 6.06. The summed E-state index contributed by atoms with van der Waals surface area (Å²) >= 11 is 5.63. The Balaban J connectivity index is 2.17. The third-order valence-corrected chi connectivity index (χ3v) is 6.76. The summed E-state index contributed by atoms with van der Waals surface area (Å²) in [6.45, 7) is 8.12. The van der Waals surface area contributed by atoms with Gasteiger partial charge < -0.3 is 5.32 Å². The van der Waals surface area contributed by atoms with Gasteiger partial charge in [0.15, 0.2) is 0 Å². The third-order valence-electron chi connectivity index (χ3n) is 4.78. The Hall–Kier alpha value is 0.140. The van der Waals surface area contributed by atoms with Crippen LogP contribution in [0.3, 0.4) is 0 Å². The molecule has 0 amide bonds.